The number of amides is 1. The fraction of sp³-hybridized carbons (Fsp3) is 0.308. The van der Waals surface area contributed by atoms with Crippen LogP contribution >= 0.6 is 11.3 Å². The Bertz CT molecular complexity index is 548. The number of aromatic nitrogens is 2. The van der Waals surface area contributed by atoms with Gasteiger partial charge in [-0.3, -0.25) is 9.78 Å². The third kappa shape index (κ3) is 2.56. The predicted molar refractivity (Wildman–Crippen MR) is 69.9 cm³/mol. The van der Waals surface area contributed by atoms with E-state index in [2.05, 4.69) is 15.3 Å². The van der Waals surface area contributed by atoms with Crippen LogP contribution in [0, 0.1) is 5.92 Å². The number of thiazole rings is 1. The summed E-state index contributed by atoms with van der Waals surface area (Å²) in [6.45, 7) is 0.533. The number of carbonyl (C=O) groups is 1. The van der Waals surface area contributed by atoms with E-state index < -0.39 is 0 Å². The van der Waals surface area contributed by atoms with Gasteiger partial charge >= 0.3 is 0 Å². The molecule has 0 spiro atoms. The third-order valence-electron chi connectivity index (χ3n) is 2.89. The summed E-state index contributed by atoms with van der Waals surface area (Å²) in [5, 5.41) is 5.87. The van der Waals surface area contributed by atoms with Crippen LogP contribution in [0.3, 0.4) is 0 Å². The summed E-state index contributed by atoms with van der Waals surface area (Å²) >= 11 is 1.57. The van der Waals surface area contributed by atoms with E-state index in [0.717, 1.165) is 29.1 Å². The van der Waals surface area contributed by atoms with Crippen molar-refractivity contribution in [3.63, 3.8) is 0 Å². The molecule has 0 radical (unpaired) electrons. The summed E-state index contributed by atoms with van der Waals surface area (Å²) in [4.78, 5) is 20.0. The fourth-order valence-electron chi connectivity index (χ4n) is 1.70. The van der Waals surface area contributed by atoms with Crippen LogP contribution in [0.4, 0.5) is 0 Å². The van der Waals surface area contributed by atoms with Gasteiger partial charge in [-0.05, 0) is 25.0 Å². The van der Waals surface area contributed by atoms with Gasteiger partial charge in [0.05, 0.1) is 12.2 Å². The minimum absolute atomic E-state index is 0.163. The minimum Gasteiger partial charge on any atom is -0.349 e. The topological polar surface area (TPSA) is 54.9 Å². The Hall–Kier alpha value is -1.75. The average Bonchev–Trinajstić information content (AvgIpc) is 3.16. The van der Waals surface area contributed by atoms with E-state index in [-0.39, 0.29) is 11.8 Å². The molecule has 0 aromatic carbocycles. The van der Waals surface area contributed by atoms with E-state index >= 15 is 0 Å². The van der Waals surface area contributed by atoms with Crippen molar-refractivity contribution in [2.75, 3.05) is 0 Å². The van der Waals surface area contributed by atoms with Gasteiger partial charge < -0.3 is 5.32 Å². The van der Waals surface area contributed by atoms with Gasteiger partial charge in [-0.25, -0.2) is 4.98 Å². The van der Waals surface area contributed by atoms with E-state index in [9.17, 15) is 4.79 Å². The van der Waals surface area contributed by atoms with Crippen LogP contribution in [-0.2, 0) is 11.3 Å². The second kappa shape index (κ2) is 4.86. The van der Waals surface area contributed by atoms with Crippen LogP contribution in [0.25, 0.3) is 11.3 Å². The van der Waals surface area contributed by atoms with Gasteiger partial charge in [0.1, 0.15) is 5.01 Å². The van der Waals surface area contributed by atoms with E-state index in [1.54, 1.807) is 23.7 Å². The van der Waals surface area contributed by atoms with Crippen molar-refractivity contribution in [3.05, 3.63) is 34.9 Å². The minimum atomic E-state index is 0.163. The predicted octanol–water partition coefficient (Wildman–Crippen LogP) is 2.23. The van der Waals surface area contributed by atoms with Crippen molar-refractivity contribution in [1.29, 1.82) is 0 Å². The third-order valence-corrected chi connectivity index (χ3v) is 3.74. The highest BCUT2D eigenvalue weighted by Gasteiger charge is 2.29. The van der Waals surface area contributed by atoms with Gasteiger partial charge in [0, 0.05) is 29.3 Å². The highest BCUT2D eigenvalue weighted by molar-refractivity contribution is 7.09. The van der Waals surface area contributed by atoms with Crippen molar-refractivity contribution >= 4 is 17.2 Å². The first-order valence-corrected chi connectivity index (χ1v) is 6.83. The zero-order valence-electron chi connectivity index (χ0n) is 9.80. The number of pyridine rings is 1. The maximum Gasteiger partial charge on any atom is 0.223 e. The zero-order valence-corrected chi connectivity index (χ0v) is 10.6. The highest BCUT2D eigenvalue weighted by Crippen LogP contribution is 2.29. The molecule has 0 saturated heterocycles. The summed E-state index contributed by atoms with van der Waals surface area (Å²) < 4.78 is 0. The lowest BCUT2D eigenvalue weighted by molar-refractivity contribution is -0.122. The Morgan fingerprint density at radius 3 is 2.89 bits per heavy atom. The highest BCUT2D eigenvalue weighted by atomic mass is 32.1. The first-order valence-electron chi connectivity index (χ1n) is 5.95. The van der Waals surface area contributed by atoms with Crippen LogP contribution in [0.1, 0.15) is 17.8 Å². The largest absolute Gasteiger partial charge is 0.349 e. The van der Waals surface area contributed by atoms with Crippen molar-refractivity contribution in [2.24, 2.45) is 5.92 Å². The summed E-state index contributed by atoms with van der Waals surface area (Å²) in [6, 6.07) is 3.86. The van der Waals surface area contributed by atoms with E-state index in [4.69, 9.17) is 0 Å². The van der Waals surface area contributed by atoms with Gasteiger partial charge in [0.25, 0.3) is 0 Å². The second-order valence-electron chi connectivity index (χ2n) is 4.35. The molecule has 5 heteroatoms. The Balaban J connectivity index is 1.64. The molecule has 2 aromatic rings. The molecule has 2 heterocycles. The van der Waals surface area contributed by atoms with Gasteiger partial charge in [-0.1, -0.05) is 0 Å². The molecule has 2 aromatic heterocycles. The van der Waals surface area contributed by atoms with E-state index in [0.29, 0.717) is 6.54 Å². The standard InChI is InChI=1S/C13H13N3OS/c17-13(10-1-2-10)15-7-12-16-11(8-18-12)9-3-5-14-6-4-9/h3-6,8,10H,1-2,7H2,(H,15,17). The maximum absolute atomic E-state index is 11.5. The van der Waals surface area contributed by atoms with Crippen LogP contribution < -0.4 is 5.32 Å². The van der Waals surface area contributed by atoms with Gasteiger partial charge in [0.15, 0.2) is 0 Å². The molecule has 0 bridgehead atoms. The van der Waals surface area contributed by atoms with E-state index in [1.807, 2.05) is 17.5 Å². The summed E-state index contributed by atoms with van der Waals surface area (Å²) in [5.74, 6) is 0.417. The Labute approximate surface area is 109 Å². The molecule has 4 nitrogen and oxygen atoms in total. The van der Waals surface area contributed by atoms with Crippen LogP contribution in [-0.4, -0.2) is 15.9 Å². The fourth-order valence-corrected chi connectivity index (χ4v) is 2.44. The molecule has 18 heavy (non-hydrogen) atoms. The Morgan fingerprint density at radius 2 is 2.17 bits per heavy atom. The van der Waals surface area contributed by atoms with Gasteiger partial charge in [-0.2, -0.15) is 0 Å². The molecule has 1 aliphatic rings. The normalized spacial score (nSPS) is 14.4. The SMILES string of the molecule is O=C(NCc1nc(-c2ccncc2)cs1)C1CC1. The molecule has 0 atom stereocenters. The van der Waals surface area contributed by atoms with Gasteiger partial charge in [0.2, 0.25) is 5.91 Å². The number of nitrogens with zero attached hydrogens (tertiary/aromatic N) is 2. The lowest BCUT2D eigenvalue weighted by atomic mass is 10.2. The first kappa shape index (κ1) is 11.3. The van der Waals surface area contributed by atoms with E-state index in [1.165, 1.54) is 0 Å². The summed E-state index contributed by atoms with van der Waals surface area (Å²) in [5.41, 5.74) is 2.00. The molecule has 1 N–H and O–H groups in total. The smallest absolute Gasteiger partial charge is 0.223 e. The number of rotatable bonds is 4. The van der Waals surface area contributed by atoms with Crippen LogP contribution in [0.5, 0.6) is 0 Å². The monoisotopic (exact) mass is 259 g/mol. The van der Waals surface area contributed by atoms with Gasteiger partial charge in [-0.15, -0.1) is 11.3 Å². The lowest BCUT2D eigenvalue weighted by Crippen LogP contribution is -2.23. The molecule has 1 amide bonds. The van der Waals surface area contributed by atoms with Crippen molar-refractivity contribution in [3.8, 4) is 11.3 Å². The average molecular weight is 259 g/mol. The van der Waals surface area contributed by atoms with Crippen molar-refractivity contribution < 1.29 is 4.79 Å². The molecule has 1 aliphatic carbocycles. The van der Waals surface area contributed by atoms with Crippen LogP contribution in [0.2, 0.25) is 0 Å². The quantitative estimate of drug-likeness (QED) is 0.916. The molecular formula is C13H13N3OS. The molecule has 1 fully saturated rings. The summed E-state index contributed by atoms with van der Waals surface area (Å²) in [7, 11) is 0. The molecule has 3 rings (SSSR count). The number of hydrogen-bond donors (Lipinski definition) is 1. The first-order chi connectivity index (χ1) is 8.83. The van der Waals surface area contributed by atoms with Crippen molar-refractivity contribution in [2.45, 2.75) is 19.4 Å². The Morgan fingerprint density at radius 1 is 1.39 bits per heavy atom. The Kier molecular flexibility index (Phi) is 3.06. The number of carbonyl (C=O) groups excluding carboxylic acids is 1. The molecule has 0 aliphatic heterocycles. The second-order valence-corrected chi connectivity index (χ2v) is 5.30. The molecular weight excluding hydrogens is 246 g/mol. The zero-order chi connectivity index (χ0) is 12.4. The molecule has 92 valence electrons. The molecule has 0 unspecified atom stereocenters. The lowest BCUT2D eigenvalue weighted by Gasteiger charge is -2.00. The van der Waals surface area contributed by atoms with Crippen LogP contribution in [0.15, 0.2) is 29.9 Å². The number of nitrogens with one attached hydrogen (secondary N) is 1. The number of hydrogen-bond acceptors (Lipinski definition) is 4. The maximum atomic E-state index is 11.5. The molecule has 1 saturated carbocycles. The van der Waals surface area contributed by atoms with Crippen molar-refractivity contribution in [1.82, 2.24) is 15.3 Å². The summed E-state index contributed by atoms with van der Waals surface area (Å²) in [6.07, 6.45) is 5.57.